The Morgan fingerprint density at radius 1 is 1.00 bits per heavy atom. The highest BCUT2D eigenvalue weighted by atomic mass is 16.5. The molecule has 0 amide bonds. The summed E-state index contributed by atoms with van der Waals surface area (Å²) in [7, 11) is 1.65. The molecule has 1 heterocycles. The maximum atomic E-state index is 11.4. The summed E-state index contributed by atoms with van der Waals surface area (Å²) in [5.41, 5.74) is 5.79. The van der Waals surface area contributed by atoms with Gasteiger partial charge >= 0.3 is 5.97 Å². The summed E-state index contributed by atoms with van der Waals surface area (Å²) >= 11 is 0. The van der Waals surface area contributed by atoms with Crippen LogP contribution in [0.3, 0.4) is 0 Å². The van der Waals surface area contributed by atoms with Gasteiger partial charge in [-0.05, 0) is 66.9 Å². The number of hydrogen-bond acceptors (Lipinski definition) is 4. The second kappa shape index (κ2) is 11.0. The van der Waals surface area contributed by atoms with Gasteiger partial charge in [-0.3, -0.25) is 0 Å². The number of rotatable bonds is 6. The normalized spacial score (nSPS) is 14.1. The van der Waals surface area contributed by atoms with Crippen molar-refractivity contribution in [2.24, 2.45) is 4.99 Å². The Labute approximate surface area is 206 Å². The molecule has 0 atom stereocenters. The van der Waals surface area contributed by atoms with Gasteiger partial charge in [0.2, 0.25) is 0 Å². The fourth-order valence-electron chi connectivity index (χ4n) is 4.23. The van der Waals surface area contributed by atoms with Crippen LogP contribution in [-0.2, 0) is 6.54 Å². The molecule has 4 rings (SSSR count). The van der Waals surface area contributed by atoms with E-state index >= 15 is 0 Å². The van der Waals surface area contributed by atoms with E-state index in [4.69, 9.17) is 9.73 Å². The Morgan fingerprint density at radius 2 is 1.77 bits per heavy atom. The Kier molecular flexibility index (Phi) is 7.55. The number of carboxylic acids is 1. The average molecular weight is 473 g/mol. The lowest BCUT2D eigenvalue weighted by Gasteiger charge is -2.38. The van der Waals surface area contributed by atoms with Crippen LogP contribution in [0.5, 0.6) is 5.75 Å². The SMILES string of the molecule is COc1cccc(CN=C(Nc2cccc(C(=O)O)c2)N2CCN(c3cc(C)ccc3C)CC2)c1. The number of benzene rings is 3. The smallest absolute Gasteiger partial charge is 0.335 e. The second-order valence-corrected chi connectivity index (χ2v) is 8.77. The minimum absolute atomic E-state index is 0.238. The van der Waals surface area contributed by atoms with E-state index in [-0.39, 0.29) is 5.56 Å². The molecule has 1 saturated heterocycles. The quantitative estimate of drug-likeness (QED) is 0.396. The van der Waals surface area contributed by atoms with E-state index in [1.165, 1.54) is 16.8 Å². The third-order valence-electron chi connectivity index (χ3n) is 6.20. The van der Waals surface area contributed by atoms with Crippen LogP contribution in [0.1, 0.15) is 27.0 Å². The molecular weight excluding hydrogens is 440 g/mol. The number of carbonyl (C=O) groups is 1. The average Bonchev–Trinajstić information content (AvgIpc) is 2.88. The number of anilines is 2. The third kappa shape index (κ3) is 6.12. The van der Waals surface area contributed by atoms with Crippen molar-refractivity contribution in [1.29, 1.82) is 0 Å². The first kappa shape index (κ1) is 24.1. The summed E-state index contributed by atoms with van der Waals surface area (Å²) in [6.45, 7) is 8.11. The number of aryl methyl sites for hydroxylation is 2. The summed E-state index contributed by atoms with van der Waals surface area (Å²) in [6.07, 6.45) is 0. The summed E-state index contributed by atoms with van der Waals surface area (Å²) in [5, 5.41) is 12.8. The Hall–Kier alpha value is -4.00. The Balaban J connectivity index is 1.54. The zero-order valence-corrected chi connectivity index (χ0v) is 20.5. The molecule has 3 aromatic rings. The third-order valence-corrected chi connectivity index (χ3v) is 6.20. The molecule has 3 aromatic carbocycles. The van der Waals surface area contributed by atoms with Crippen LogP contribution in [0.15, 0.2) is 71.7 Å². The van der Waals surface area contributed by atoms with E-state index < -0.39 is 5.97 Å². The number of piperazine rings is 1. The number of aliphatic imine (C=N–C) groups is 1. The standard InChI is InChI=1S/C28H32N4O3/c1-20-10-11-21(2)26(16-20)31-12-14-32(15-13-31)28(29-19-22-6-4-9-25(17-22)35-3)30-24-8-5-7-23(18-24)27(33)34/h4-11,16-18H,12-15,19H2,1-3H3,(H,29,30)(H,33,34). The number of aromatic carboxylic acids is 1. The lowest BCUT2D eigenvalue weighted by molar-refractivity contribution is 0.0697. The zero-order chi connectivity index (χ0) is 24.8. The highest BCUT2D eigenvalue weighted by molar-refractivity contribution is 5.96. The summed E-state index contributed by atoms with van der Waals surface area (Å²) in [6, 6.07) is 21.3. The molecule has 0 aliphatic carbocycles. The van der Waals surface area contributed by atoms with Crippen LogP contribution in [0, 0.1) is 13.8 Å². The zero-order valence-electron chi connectivity index (χ0n) is 20.5. The van der Waals surface area contributed by atoms with Crippen molar-refractivity contribution in [3.05, 3.63) is 89.0 Å². The summed E-state index contributed by atoms with van der Waals surface area (Å²) in [4.78, 5) is 21.0. The number of guanidine groups is 1. The predicted molar refractivity (Wildman–Crippen MR) is 141 cm³/mol. The van der Waals surface area contributed by atoms with E-state index in [0.29, 0.717) is 12.2 Å². The van der Waals surface area contributed by atoms with Crippen molar-refractivity contribution in [3.8, 4) is 5.75 Å². The monoisotopic (exact) mass is 472 g/mol. The van der Waals surface area contributed by atoms with Gasteiger partial charge in [-0.2, -0.15) is 0 Å². The summed E-state index contributed by atoms with van der Waals surface area (Å²) in [5.74, 6) is 0.574. The van der Waals surface area contributed by atoms with Crippen LogP contribution >= 0.6 is 0 Å². The van der Waals surface area contributed by atoms with E-state index in [1.54, 1.807) is 25.3 Å². The Morgan fingerprint density at radius 3 is 2.51 bits per heavy atom. The molecule has 0 unspecified atom stereocenters. The van der Waals surface area contributed by atoms with Gasteiger partial charge in [0.25, 0.3) is 0 Å². The maximum absolute atomic E-state index is 11.4. The number of carboxylic acid groups (broad SMARTS) is 1. The molecule has 182 valence electrons. The van der Waals surface area contributed by atoms with Gasteiger partial charge in [-0.15, -0.1) is 0 Å². The first-order valence-electron chi connectivity index (χ1n) is 11.8. The van der Waals surface area contributed by atoms with Crippen molar-refractivity contribution in [3.63, 3.8) is 0 Å². The molecule has 0 aromatic heterocycles. The molecule has 0 bridgehead atoms. The minimum Gasteiger partial charge on any atom is -0.497 e. The molecule has 2 N–H and O–H groups in total. The second-order valence-electron chi connectivity index (χ2n) is 8.77. The minimum atomic E-state index is -0.953. The summed E-state index contributed by atoms with van der Waals surface area (Å²) < 4.78 is 5.35. The first-order chi connectivity index (χ1) is 16.9. The van der Waals surface area contributed by atoms with Crippen LogP contribution in [0.2, 0.25) is 0 Å². The fraction of sp³-hybridized carbons (Fsp3) is 0.286. The molecule has 1 aliphatic heterocycles. The fourth-order valence-corrected chi connectivity index (χ4v) is 4.23. The van der Waals surface area contributed by atoms with Gasteiger partial charge in [-0.25, -0.2) is 9.79 Å². The van der Waals surface area contributed by atoms with E-state index in [2.05, 4.69) is 47.2 Å². The predicted octanol–water partition coefficient (Wildman–Crippen LogP) is 4.80. The van der Waals surface area contributed by atoms with Crippen molar-refractivity contribution in [2.45, 2.75) is 20.4 Å². The number of nitrogens with zero attached hydrogens (tertiary/aromatic N) is 3. The Bertz CT molecular complexity index is 1220. The number of methoxy groups -OCH3 is 1. The lowest BCUT2D eigenvalue weighted by Crippen LogP contribution is -2.51. The van der Waals surface area contributed by atoms with E-state index in [1.807, 2.05) is 30.3 Å². The van der Waals surface area contributed by atoms with Crippen LogP contribution in [0.4, 0.5) is 11.4 Å². The molecule has 0 spiro atoms. The maximum Gasteiger partial charge on any atom is 0.335 e. The lowest BCUT2D eigenvalue weighted by atomic mass is 10.1. The van der Waals surface area contributed by atoms with E-state index in [0.717, 1.165) is 43.5 Å². The van der Waals surface area contributed by atoms with Gasteiger partial charge in [0, 0.05) is 37.6 Å². The number of ether oxygens (including phenoxy) is 1. The van der Waals surface area contributed by atoms with Crippen molar-refractivity contribution >= 4 is 23.3 Å². The molecule has 7 heteroatoms. The van der Waals surface area contributed by atoms with E-state index in [9.17, 15) is 9.90 Å². The van der Waals surface area contributed by atoms with Crippen molar-refractivity contribution in [1.82, 2.24) is 4.90 Å². The van der Waals surface area contributed by atoms with Gasteiger partial charge in [0.1, 0.15) is 5.75 Å². The van der Waals surface area contributed by atoms with Crippen LogP contribution in [0.25, 0.3) is 0 Å². The van der Waals surface area contributed by atoms with Crippen LogP contribution < -0.4 is 15.0 Å². The highest BCUT2D eigenvalue weighted by Crippen LogP contribution is 2.23. The number of nitrogens with one attached hydrogen (secondary N) is 1. The molecule has 7 nitrogen and oxygen atoms in total. The first-order valence-corrected chi connectivity index (χ1v) is 11.8. The molecule has 1 fully saturated rings. The largest absolute Gasteiger partial charge is 0.497 e. The van der Waals surface area contributed by atoms with Gasteiger partial charge in [0.05, 0.1) is 19.2 Å². The van der Waals surface area contributed by atoms with Gasteiger partial charge in [0.15, 0.2) is 5.96 Å². The van der Waals surface area contributed by atoms with Crippen molar-refractivity contribution in [2.75, 3.05) is 43.5 Å². The molecule has 0 saturated carbocycles. The van der Waals surface area contributed by atoms with Gasteiger partial charge < -0.3 is 25.0 Å². The highest BCUT2D eigenvalue weighted by Gasteiger charge is 2.21. The molecule has 1 aliphatic rings. The van der Waals surface area contributed by atoms with Crippen LogP contribution in [-0.4, -0.2) is 55.2 Å². The molecule has 0 radical (unpaired) electrons. The molecule has 35 heavy (non-hydrogen) atoms. The van der Waals surface area contributed by atoms with Gasteiger partial charge in [-0.1, -0.05) is 30.3 Å². The molecular formula is C28H32N4O3. The van der Waals surface area contributed by atoms with Crippen molar-refractivity contribution < 1.29 is 14.6 Å². The number of hydrogen-bond donors (Lipinski definition) is 2. The topological polar surface area (TPSA) is 77.4 Å².